The van der Waals surface area contributed by atoms with Gasteiger partial charge >= 0.3 is 0 Å². The lowest BCUT2D eigenvalue weighted by Gasteiger charge is -2.35. The minimum atomic E-state index is -4.37. The van der Waals surface area contributed by atoms with Gasteiger partial charge in [0.25, 0.3) is 10.0 Å². The SMILES string of the molecule is COc1ccc(OC)c(N(CC(=O)N(Cc2ccc(Cl)cc2Cl)[C@@H](Cc2ccccc2)C(=O)NC(C)(C)C)S(=O)(=O)c2ccc(C)cc2)c1. The van der Waals surface area contributed by atoms with Crippen molar-refractivity contribution in [3.05, 3.63) is 118 Å². The van der Waals surface area contributed by atoms with Crippen LogP contribution in [0.4, 0.5) is 5.69 Å². The van der Waals surface area contributed by atoms with E-state index in [0.717, 1.165) is 15.4 Å². The maximum Gasteiger partial charge on any atom is 0.264 e. The van der Waals surface area contributed by atoms with E-state index in [1.54, 1.807) is 42.5 Å². The molecule has 4 rings (SSSR count). The van der Waals surface area contributed by atoms with E-state index in [0.29, 0.717) is 21.4 Å². The number of benzene rings is 4. The first-order valence-electron chi connectivity index (χ1n) is 15.5. The van der Waals surface area contributed by atoms with Gasteiger partial charge in [0, 0.05) is 34.6 Å². The summed E-state index contributed by atoms with van der Waals surface area (Å²) >= 11 is 12.8. The van der Waals surface area contributed by atoms with Crippen LogP contribution in [-0.2, 0) is 32.6 Å². The number of nitrogens with zero attached hydrogens (tertiary/aromatic N) is 2. The van der Waals surface area contributed by atoms with Gasteiger partial charge in [-0.2, -0.15) is 0 Å². The van der Waals surface area contributed by atoms with E-state index in [2.05, 4.69) is 5.32 Å². The van der Waals surface area contributed by atoms with Gasteiger partial charge in [-0.15, -0.1) is 0 Å². The Morgan fingerprint density at radius 3 is 2.14 bits per heavy atom. The molecule has 1 atom stereocenters. The number of halogens is 2. The van der Waals surface area contributed by atoms with Crippen LogP contribution in [0, 0.1) is 6.92 Å². The molecular formula is C37H41Cl2N3O6S. The molecule has 2 amide bonds. The first kappa shape index (κ1) is 37.6. The first-order chi connectivity index (χ1) is 23.1. The number of methoxy groups -OCH3 is 2. The molecule has 0 unspecified atom stereocenters. The lowest BCUT2D eigenvalue weighted by atomic mass is 10.0. The quantitative estimate of drug-likeness (QED) is 0.158. The predicted octanol–water partition coefficient (Wildman–Crippen LogP) is 7.07. The average molecular weight is 727 g/mol. The number of aryl methyl sites for hydroxylation is 1. The molecule has 4 aromatic rings. The van der Waals surface area contributed by atoms with Crippen molar-refractivity contribution in [3.63, 3.8) is 0 Å². The van der Waals surface area contributed by atoms with Crippen LogP contribution < -0.4 is 19.1 Å². The van der Waals surface area contributed by atoms with Gasteiger partial charge in [-0.05, 0) is 75.2 Å². The molecule has 0 fully saturated rings. The first-order valence-corrected chi connectivity index (χ1v) is 17.7. The number of nitrogens with one attached hydrogen (secondary N) is 1. The molecule has 0 aliphatic heterocycles. The van der Waals surface area contributed by atoms with Crippen LogP contribution >= 0.6 is 23.2 Å². The number of carbonyl (C=O) groups excluding carboxylic acids is 2. The maximum atomic E-state index is 14.8. The second kappa shape index (κ2) is 16.0. The summed E-state index contributed by atoms with van der Waals surface area (Å²) in [6.07, 6.45) is 0.146. The number of hydrogen-bond donors (Lipinski definition) is 1. The minimum Gasteiger partial charge on any atom is -0.497 e. The molecule has 0 heterocycles. The van der Waals surface area contributed by atoms with Crippen LogP contribution in [0.3, 0.4) is 0 Å². The summed E-state index contributed by atoms with van der Waals surface area (Å²) in [7, 11) is -1.51. The molecule has 0 aliphatic rings. The molecule has 4 aromatic carbocycles. The van der Waals surface area contributed by atoms with Crippen LogP contribution in [0.1, 0.15) is 37.5 Å². The zero-order valence-corrected chi connectivity index (χ0v) is 30.7. The van der Waals surface area contributed by atoms with E-state index < -0.39 is 40.0 Å². The van der Waals surface area contributed by atoms with E-state index in [-0.39, 0.29) is 29.3 Å². The molecule has 0 bridgehead atoms. The number of sulfonamides is 1. The lowest BCUT2D eigenvalue weighted by molar-refractivity contribution is -0.140. The molecule has 0 aromatic heterocycles. The van der Waals surface area contributed by atoms with Gasteiger partial charge in [0.15, 0.2) is 0 Å². The molecule has 0 radical (unpaired) electrons. The molecule has 0 saturated heterocycles. The molecule has 0 saturated carbocycles. The number of hydrogen-bond acceptors (Lipinski definition) is 6. The summed E-state index contributed by atoms with van der Waals surface area (Å²) in [6, 6.07) is 24.1. The van der Waals surface area contributed by atoms with Crippen LogP contribution in [0.15, 0.2) is 95.9 Å². The summed E-state index contributed by atoms with van der Waals surface area (Å²) in [4.78, 5) is 30.2. The van der Waals surface area contributed by atoms with Gasteiger partial charge in [-0.1, -0.05) is 77.3 Å². The van der Waals surface area contributed by atoms with Crippen molar-refractivity contribution < 1.29 is 27.5 Å². The summed E-state index contributed by atoms with van der Waals surface area (Å²) < 4.78 is 40.9. The largest absolute Gasteiger partial charge is 0.497 e. The van der Waals surface area contributed by atoms with Gasteiger partial charge in [-0.3, -0.25) is 13.9 Å². The third kappa shape index (κ3) is 9.68. The van der Waals surface area contributed by atoms with E-state index in [9.17, 15) is 18.0 Å². The Morgan fingerprint density at radius 1 is 0.878 bits per heavy atom. The van der Waals surface area contributed by atoms with E-state index in [1.807, 2.05) is 58.0 Å². The Bertz CT molecular complexity index is 1880. The van der Waals surface area contributed by atoms with E-state index in [4.69, 9.17) is 32.7 Å². The molecule has 9 nitrogen and oxygen atoms in total. The van der Waals surface area contributed by atoms with Crippen LogP contribution in [0.2, 0.25) is 10.0 Å². The highest BCUT2D eigenvalue weighted by molar-refractivity contribution is 7.92. The van der Waals surface area contributed by atoms with Crippen LogP contribution in [-0.4, -0.2) is 57.5 Å². The highest BCUT2D eigenvalue weighted by Gasteiger charge is 2.37. The lowest BCUT2D eigenvalue weighted by Crippen LogP contribution is -2.56. The Hall–Kier alpha value is -4.25. The smallest absolute Gasteiger partial charge is 0.264 e. The zero-order valence-electron chi connectivity index (χ0n) is 28.4. The topological polar surface area (TPSA) is 105 Å². The molecule has 0 aliphatic carbocycles. The Morgan fingerprint density at radius 2 is 1.55 bits per heavy atom. The Kier molecular flexibility index (Phi) is 12.2. The summed E-state index contributed by atoms with van der Waals surface area (Å²) in [5.74, 6) is -0.523. The molecule has 12 heteroatoms. The molecular weight excluding hydrogens is 685 g/mol. The number of ether oxygens (including phenoxy) is 2. The Balaban J connectivity index is 1.90. The summed E-state index contributed by atoms with van der Waals surface area (Å²) in [5, 5.41) is 3.70. The summed E-state index contributed by atoms with van der Waals surface area (Å²) in [6.45, 7) is 6.58. The molecule has 0 spiro atoms. The standard InChI is InChI=1S/C37H41Cl2N3O6S/c1-25-12-17-30(18-13-25)49(45,46)42(32-22-29(47-5)16-19-34(32)48-6)24-35(43)41(23-27-14-15-28(38)21-31(27)39)33(36(44)40-37(2,3)4)20-26-10-8-7-9-11-26/h7-19,21-22,33H,20,23-24H2,1-6H3,(H,40,44)/t33-/m0/s1. The van der Waals surface area contributed by atoms with Gasteiger partial charge in [0.1, 0.15) is 24.1 Å². The highest BCUT2D eigenvalue weighted by atomic mass is 35.5. The van der Waals surface area contributed by atoms with Crippen molar-refractivity contribution in [1.29, 1.82) is 0 Å². The zero-order chi connectivity index (χ0) is 35.9. The minimum absolute atomic E-state index is 0.0330. The van der Waals surface area contributed by atoms with Gasteiger partial charge in [0.2, 0.25) is 11.8 Å². The third-order valence-electron chi connectivity index (χ3n) is 7.67. The molecule has 49 heavy (non-hydrogen) atoms. The van der Waals surface area contributed by atoms with Crippen molar-refractivity contribution in [2.75, 3.05) is 25.1 Å². The normalized spacial score (nSPS) is 12.2. The van der Waals surface area contributed by atoms with Crippen LogP contribution in [0.5, 0.6) is 11.5 Å². The van der Waals surface area contributed by atoms with Crippen molar-refractivity contribution in [2.24, 2.45) is 0 Å². The summed E-state index contributed by atoms with van der Waals surface area (Å²) in [5.41, 5.74) is 1.63. The van der Waals surface area contributed by atoms with E-state index >= 15 is 0 Å². The third-order valence-corrected chi connectivity index (χ3v) is 10.0. The second-order valence-corrected chi connectivity index (χ2v) is 15.3. The predicted molar refractivity (Wildman–Crippen MR) is 194 cm³/mol. The van der Waals surface area contributed by atoms with E-state index in [1.165, 1.54) is 37.3 Å². The van der Waals surface area contributed by atoms with Crippen molar-refractivity contribution in [1.82, 2.24) is 10.2 Å². The fraction of sp³-hybridized carbons (Fsp3) is 0.297. The monoisotopic (exact) mass is 725 g/mol. The second-order valence-electron chi connectivity index (χ2n) is 12.6. The number of carbonyl (C=O) groups is 2. The van der Waals surface area contributed by atoms with Crippen molar-refractivity contribution in [2.45, 2.75) is 57.1 Å². The maximum absolute atomic E-state index is 14.8. The van der Waals surface area contributed by atoms with Gasteiger partial charge in [-0.25, -0.2) is 8.42 Å². The van der Waals surface area contributed by atoms with Gasteiger partial charge in [0.05, 0.1) is 24.8 Å². The van der Waals surface area contributed by atoms with Crippen molar-refractivity contribution >= 4 is 50.7 Å². The van der Waals surface area contributed by atoms with Crippen LogP contribution in [0.25, 0.3) is 0 Å². The highest BCUT2D eigenvalue weighted by Crippen LogP contribution is 2.36. The molecule has 1 N–H and O–H groups in total. The number of rotatable bonds is 13. The number of anilines is 1. The van der Waals surface area contributed by atoms with Crippen molar-refractivity contribution in [3.8, 4) is 11.5 Å². The fourth-order valence-electron chi connectivity index (χ4n) is 5.18. The van der Waals surface area contributed by atoms with Gasteiger partial charge < -0.3 is 19.7 Å². The number of amides is 2. The Labute approximate surface area is 298 Å². The fourth-order valence-corrected chi connectivity index (χ4v) is 7.07. The molecule has 260 valence electrons. The average Bonchev–Trinajstić information content (AvgIpc) is 3.05.